The average molecular weight is 310 g/mol. The summed E-state index contributed by atoms with van der Waals surface area (Å²) in [7, 11) is 3.18. The Hall–Kier alpha value is -3.00. The third-order valence-electron chi connectivity index (χ3n) is 3.40. The van der Waals surface area contributed by atoms with Crippen molar-refractivity contribution >= 4 is 5.91 Å². The molecule has 0 saturated carbocycles. The third kappa shape index (κ3) is 4.24. The summed E-state index contributed by atoms with van der Waals surface area (Å²) in [5.74, 6) is 1.15. The minimum Gasteiger partial charge on any atom is -0.493 e. The maximum Gasteiger partial charge on any atom is 0.251 e. The first-order valence-electron chi connectivity index (χ1n) is 7.17. The molecule has 5 heteroatoms. The van der Waals surface area contributed by atoms with E-state index in [9.17, 15) is 4.79 Å². The van der Waals surface area contributed by atoms with Crippen molar-refractivity contribution < 1.29 is 14.3 Å². The van der Waals surface area contributed by atoms with E-state index in [1.54, 1.807) is 38.5 Å². The predicted octanol–water partition coefficient (Wildman–Crippen LogP) is 2.55. The minimum absolute atomic E-state index is 0.192. The molecule has 23 heavy (non-hydrogen) atoms. The summed E-state index contributed by atoms with van der Waals surface area (Å²) < 4.78 is 10.4. The van der Waals surface area contributed by atoms with Gasteiger partial charge < -0.3 is 14.8 Å². The molecule has 0 spiro atoms. The average Bonchev–Trinajstić information content (AvgIpc) is 2.61. The van der Waals surface area contributed by atoms with Gasteiger partial charge in [0.1, 0.15) is 0 Å². The van der Waals surface area contributed by atoms with Crippen molar-refractivity contribution in [2.24, 2.45) is 0 Å². The number of amides is 1. The van der Waals surface area contributed by atoms with Gasteiger partial charge in [-0.3, -0.25) is 4.79 Å². The van der Waals surface area contributed by atoms with E-state index in [1.807, 2.05) is 24.3 Å². The van der Waals surface area contributed by atoms with Gasteiger partial charge in [-0.05, 0) is 42.3 Å². The van der Waals surface area contributed by atoms with Crippen LogP contribution in [0.1, 0.15) is 21.5 Å². The maximum atomic E-state index is 12.1. The summed E-state index contributed by atoms with van der Waals surface area (Å²) in [6.45, 7) is 0.491. The molecule has 5 nitrogen and oxygen atoms in total. The largest absolute Gasteiger partial charge is 0.493 e. The predicted molar refractivity (Wildman–Crippen MR) is 86.7 cm³/mol. The van der Waals surface area contributed by atoms with Crippen LogP contribution in [0.4, 0.5) is 0 Å². The maximum absolute atomic E-state index is 12.1. The second kappa shape index (κ2) is 7.85. The molecule has 118 valence electrons. The number of hydrogen-bond donors (Lipinski definition) is 1. The minimum atomic E-state index is -0.192. The molecule has 0 aliphatic heterocycles. The van der Waals surface area contributed by atoms with Crippen LogP contribution in [0, 0.1) is 11.3 Å². The number of rotatable bonds is 6. The summed E-state index contributed by atoms with van der Waals surface area (Å²) in [5.41, 5.74) is 1.99. The van der Waals surface area contributed by atoms with E-state index < -0.39 is 0 Å². The van der Waals surface area contributed by atoms with Gasteiger partial charge in [-0.2, -0.15) is 5.26 Å². The van der Waals surface area contributed by atoms with E-state index in [-0.39, 0.29) is 5.91 Å². The zero-order chi connectivity index (χ0) is 16.7. The molecule has 1 amide bonds. The van der Waals surface area contributed by atoms with E-state index in [1.165, 1.54) is 0 Å². The van der Waals surface area contributed by atoms with Crippen molar-refractivity contribution in [3.63, 3.8) is 0 Å². The van der Waals surface area contributed by atoms with Gasteiger partial charge >= 0.3 is 0 Å². The summed E-state index contributed by atoms with van der Waals surface area (Å²) in [6, 6.07) is 14.3. The smallest absolute Gasteiger partial charge is 0.251 e. The van der Waals surface area contributed by atoms with Crippen LogP contribution >= 0.6 is 0 Å². The standard InChI is InChI=1S/C18H18N2O3/c1-22-16-7-6-13(11-17(16)23-2)8-9-20-18(21)15-5-3-4-14(10-15)12-19/h3-7,10-11H,8-9H2,1-2H3,(H,20,21). The number of benzene rings is 2. The van der Waals surface area contributed by atoms with Crippen molar-refractivity contribution in [1.29, 1.82) is 5.26 Å². The second-order valence-electron chi connectivity index (χ2n) is 4.89. The molecular formula is C18H18N2O3. The highest BCUT2D eigenvalue weighted by Gasteiger charge is 2.07. The van der Waals surface area contributed by atoms with E-state index >= 15 is 0 Å². The van der Waals surface area contributed by atoms with Crippen LogP contribution < -0.4 is 14.8 Å². The van der Waals surface area contributed by atoms with Crippen LogP contribution in [0.25, 0.3) is 0 Å². The molecule has 2 rings (SSSR count). The van der Waals surface area contributed by atoms with Gasteiger partial charge in [-0.1, -0.05) is 12.1 Å². The van der Waals surface area contributed by atoms with Gasteiger partial charge in [0, 0.05) is 12.1 Å². The fourth-order valence-electron chi connectivity index (χ4n) is 2.19. The van der Waals surface area contributed by atoms with Gasteiger partial charge in [-0.15, -0.1) is 0 Å². The quantitative estimate of drug-likeness (QED) is 0.890. The van der Waals surface area contributed by atoms with Gasteiger partial charge in [0.05, 0.1) is 25.9 Å². The first-order valence-corrected chi connectivity index (χ1v) is 7.17. The molecule has 0 aliphatic carbocycles. The molecular weight excluding hydrogens is 292 g/mol. The number of ether oxygens (including phenoxy) is 2. The Labute approximate surface area is 135 Å². The summed E-state index contributed by atoms with van der Waals surface area (Å²) in [4.78, 5) is 12.1. The number of nitrogens with one attached hydrogen (secondary N) is 1. The number of hydrogen-bond acceptors (Lipinski definition) is 4. The van der Waals surface area contributed by atoms with Crippen molar-refractivity contribution in [2.75, 3.05) is 20.8 Å². The Morgan fingerprint density at radius 1 is 1.13 bits per heavy atom. The topological polar surface area (TPSA) is 71.3 Å². The van der Waals surface area contributed by atoms with Gasteiger partial charge in [-0.25, -0.2) is 0 Å². The summed E-state index contributed by atoms with van der Waals surface area (Å²) in [5, 5.41) is 11.7. The lowest BCUT2D eigenvalue weighted by atomic mass is 10.1. The van der Waals surface area contributed by atoms with Crippen LogP contribution in [0.15, 0.2) is 42.5 Å². The highest BCUT2D eigenvalue weighted by Crippen LogP contribution is 2.27. The molecule has 1 N–H and O–H groups in total. The summed E-state index contributed by atoms with van der Waals surface area (Å²) in [6.07, 6.45) is 0.671. The molecule has 0 aliphatic rings. The molecule has 0 atom stereocenters. The molecule has 2 aromatic rings. The monoisotopic (exact) mass is 310 g/mol. The second-order valence-corrected chi connectivity index (χ2v) is 4.89. The fourth-order valence-corrected chi connectivity index (χ4v) is 2.19. The number of methoxy groups -OCH3 is 2. The Morgan fingerprint density at radius 3 is 2.61 bits per heavy atom. The SMILES string of the molecule is COc1ccc(CCNC(=O)c2cccc(C#N)c2)cc1OC. The lowest BCUT2D eigenvalue weighted by molar-refractivity contribution is 0.0954. The highest BCUT2D eigenvalue weighted by atomic mass is 16.5. The fraction of sp³-hybridized carbons (Fsp3) is 0.222. The number of nitriles is 1. The van der Waals surface area contributed by atoms with Crippen LogP contribution in [0.3, 0.4) is 0 Å². The molecule has 0 aromatic heterocycles. The number of carbonyl (C=O) groups is 1. The van der Waals surface area contributed by atoms with Crippen LogP contribution in [-0.4, -0.2) is 26.7 Å². The summed E-state index contributed by atoms with van der Waals surface area (Å²) >= 11 is 0. The Balaban J connectivity index is 1.94. The van der Waals surface area contributed by atoms with Crippen LogP contribution in [-0.2, 0) is 6.42 Å². The van der Waals surface area contributed by atoms with Crippen molar-refractivity contribution in [3.05, 3.63) is 59.2 Å². The Kier molecular flexibility index (Phi) is 5.59. The van der Waals surface area contributed by atoms with E-state index in [0.29, 0.717) is 35.6 Å². The van der Waals surface area contributed by atoms with Crippen LogP contribution in [0.2, 0.25) is 0 Å². The number of carbonyl (C=O) groups excluding carboxylic acids is 1. The van der Waals surface area contributed by atoms with Gasteiger partial charge in [0.25, 0.3) is 5.91 Å². The highest BCUT2D eigenvalue weighted by molar-refractivity contribution is 5.94. The number of nitrogens with zero attached hydrogens (tertiary/aromatic N) is 1. The van der Waals surface area contributed by atoms with E-state index in [2.05, 4.69) is 5.32 Å². The third-order valence-corrected chi connectivity index (χ3v) is 3.40. The molecule has 0 heterocycles. The zero-order valence-electron chi connectivity index (χ0n) is 13.1. The van der Waals surface area contributed by atoms with Crippen molar-refractivity contribution in [1.82, 2.24) is 5.32 Å². The van der Waals surface area contributed by atoms with Crippen molar-refractivity contribution in [3.8, 4) is 17.6 Å². The molecule has 0 unspecified atom stereocenters. The molecule has 0 saturated heterocycles. The zero-order valence-corrected chi connectivity index (χ0v) is 13.1. The first-order chi connectivity index (χ1) is 11.2. The normalized spacial score (nSPS) is 9.78. The van der Waals surface area contributed by atoms with Crippen LogP contribution in [0.5, 0.6) is 11.5 Å². The van der Waals surface area contributed by atoms with E-state index in [0.717, 1.165) is 5.56 Å². The van der Waals surface area contributed by atoms with Gasteiger partial charge in [0.2, 0.25) is 0 Å². The molecule has 0 bridgehead atoms. The van der Waals surface area contributed by atoms with Crippen molar-refractivity contribution in [2.45, 2.75) is 6.42 Å². The van der Waals surface area contributed by atoms with E-state index in [4.69, 9.17) is 14.7 Å². The Bertz CT molecular complexity index is 735. The Morgan fingerprint density at radius 2 is 1.91 bits per heavy atom. The lowest BCUT2D eigenvalue weighted by Gasteiger charge is -2.10. The lowest BCUT2D eigenvalue weighted by Crippen LogP contribution is -2.25. The van der Waals surface area contributed by atoms with Gasteiger partial charge in [0.15, 0.2) is 11.5 Å². The molecule has 2 aromatic carbocycles. The first kappa shape index (κ1) is 16.4. The molecule has 0 fully saturated rings. The molecule has 0 radical (unpaired) electrons.